The van der Waals surface area contributed by atoms with Gasteiger partial charge in [-0.2, -0.15) is 0 Å². The lowest BCUT2D eigenvalue weighted by molar-refractivity contribution is 1.43. The number of halogens is 1. The minimum Gasteiger partial charge on any atom is -0.361 e. The monoisotopic (exact) mass is 270 g/mol. The lowest BCUT2D eigenvalue weighted by Crippen LogP contribution is -1.81. The third kappa shape index (κ3) is 1.05. The van der Waals surface area contributed by atoms with E-state index in [2.05, 4.69) is 47.5 Å². The third-order valence-electron chi connectivity index (χ3n) is 2.06. The van der Waals surface area contributed by atoms with E-state index in [1.165, 1.54) is 20.0 Å². The number of nitrogens with one attached hydrogen (secondary N) is 1. The number of fused-ring (bicyclic) bond motifs is 1. The van der Waals surface area contributed by atoms with Gasteiger partial charge in [0.2, 0.25) is 0 Å². The van der Waals surface area contributed by atoms with Crippen LogP contribution in [-0.2, 0) is 0 Å². The van der Waals surface area contributed by atoms with E-state index < -0.39 is 0 Å². The van der Waals surface area contributed by atoms with Crippen molar-refractivity contribution < 1.29 is 0 Å². The molecule has 0 fully saturated rings. The molecule has 1 heterocycles. The Morgan fingerprint density at radius 1 is 1.42 bits per heavy atom. The molecule has 1 radical (unpaired) electrons. The summed E-state index contributed by atoms with van der Waals surface area (Å²) in [6.07, 6.45) is 2.03. The van der Waals surface area contributed by atoms with E-state index in [1.807, 2.05) is 12.3 Å². The summed E-state index contributed by atoms with van der Waals surface area (Å²) < 4.78 is 1.25. The second-order valence-corrected chi connectivity index (χ2v) is 4.01. The molecule has 61 valence electrons. The Morgan fingerprint density at radius 2 is 2.17 bits per heavy atom. The fourth-order valence-corrected chi connectivity index (χ4v) is 2.28. The number of aromatic amines is 1. The van der Waals surface area contributed by atoms with Gasteiger partial charge in [-0.05, 0) is 53.6 Å². The van der Waals surface area contributed by atoms with Crippen LogP contribution in [0, 0.1) is 17.4 Å². The molecule has 2 rings (SSSR count). The molecule has 0 aliphatic heterocycles. The highest BCUT2D eigenvalue weighted by Gasteiger charge is 2.04. The van der Waals surface area contributed by atoms with Crippen molar-refractivity contribution in [3.8, 4) is 0 Å². The lowest BCUT2D eigenvalue weighted by atomic mass is 10.1. The smallest absolute Gasteiger partial charge is 0.0467 e. The summed E-state index contributed by atoms with van der Waals surface area (Å²) in [5, 5.41) is 1.31. The molecule has 1 aromatic heterocycles. The summed E-state index contributed by atoms with van der Waals surface area (Å²) in [5.74, 6) is 0. The summed E-state index contributed by atoms with van der Waals surface area (Å²) in [6.45, 7) is 6.08. The molecule has 0 bridgehead atoms. The Balaban J connectivity index is 2.96. The molecule has 2 heteroatoms. The number of benzene rings is 1. The van der Waals surface area contributed by atoms with Gasteiger partial charge in [-0.1, -0.05) is 6.07 Å². The largest absolute Gasteiger partial charge is 0.361 e. The maximum absolute atomic E-state index is 3.97. The molecule has 0 aliphatic carbocycles. The maximum atomic E-state index is 3.97. The first-order chi connectivity index (χ1) is 5.70. The van der Waals surface area contributed by atoms with E-state index in [1.54, 1.807) is 0 Å². The number of aryl methyl sites for hydroxylation is 1. The minimum atomic E-state index is 1.10. The molecule has 0 saturated heterocycles. The molecule has 1 N–H and O–H groups in total. The Hall–Kier alpha value is -0.510. The Morgan fingerprint density at radius 3 is 2.92 bits per heavy atom. The molecule has 0 amide bonds. The summed E-state index contributed by atoms with van der Waals surface area (Å²) in [6, 6.07) is 4.12. The highest BCUT2D eigenvalue weighted by Crippen LogP contribution is 2.25. The normalized spacial score (nSPS) is 10.9. The van der Waals surface area contributed by atoms with Crippen molar-refractivity contribution in [2.24, 2.45) is 0 Å². The predicted molar refractivity (Wildman–Crippen MR) is 60.2 cm³/mol. The van der Waals surface area contributed by atoms with Gasteiger partial charge in [0.25, 0.3) is 0 Å². The molecule has 0 aliphatic rings. The zero-order valence-electron chi connectivity index (χ0n) is 6.82. The van der Waals surface area contributed by atoms with E-state index in [0.29, 0.717) is 0 Å². The summed E-state index contributed by atoms with van der Waals surface area (Å²) in [4.78, 5) is 3.22. The van der Waals surface area contributed by atoms with Crippen LogP contribution in [0.1, 0.15) is 11.1 Å². The van der Waals surface area contributed by atoms with E-state index in [4.69, 9.17) is 0 Å². The standard InChI is InChI=1S/C10H9IN/c1-6-3-4-8-9(10(6)11)7(2)5-12-8/h3-5,12H,1H2,2H3. The van der Waals surface area contributed by atoms with Crippen molar-refractivity contribution in [1.29, 1.82) is 0 Å². The fourth-order valence-electron chi connectivity index (χ4n) is 1.38. The van der Waals surface area contributed by atoms with Gasteiger partial charge in [-0.25, -0.2) is 0 Å². The highest BCUT2D eigenvalue weighted by atomic mass is 127. The average Bonchev–Trinajstić information content (AvgIpc) is 2.41. The number of aromatic nitrogens is 1. The van der Waals surface area contributed by atoms with Crippen LogP contribution in [0.5, 0.6) is 0 Å². The summed E-state index contributed by atoms with van der Waals surface area (Å²) >= 11 is 2.34. The summed E-state index contributed by atoms with van der Waals surface area (Å²) in [5.41, 5.74) is 3.59. The van der Waals surface area contributed by atoms with Gasteiger partial charge in [0.1, 0.15) is 0 Å². The number of hydrogen-bond donors (Lipinski definition) is 1. The molecule has 12 heavy (non-hydrogen) atoms. The molecule has 1 nitrogen and oxygen atoms in total. The first kappa shape index (κ1) is 8.10. The van der Waals surface area contributed by atoms with Crippen LogP contribution in [0.3, 0.4) is 0 Å². The zero-order chi connectivity index (χ0) is 8.72. The van der Waals surface area contributed by atoms with Crippen LogP contribution in [-0.4, -0.2) is 4.98 Å². The molecule has 0 atom stereocenters. The molecule has 1 aromatic carbocycles. The quantitative estimate of drug-likeness (QED) is 0.707. The Bertz CT molecular complexity index is 429. The van der Waals surface area contributed by atoms with Crippen molar-refractivity contribution in [1.82, 2.24) is 4.98 Å². The van der Waals surface area contributed by atoms with Gasteiger partial charge in [0, 0.05) is 20.7 Å². The summed E-state index contributed by atoms with van der Waals surface area (Å²) in [7, 11) is 0. The first-order valence-corrected chi connectivity index (χ1v) is 4.86. The zero-order valence-corrected chi connectivity index (χ0v) is 8.97. The highest BCUT2D eigenvalue weighted by molar-refractivity contribution is 14.1. The predicted octanol–water partition coefficient (Wildman–Crippen LogP) is 3.26. The first-order valence-electron chi connectivity index (χ1n) is 3.78. The molecular formula is C10H9IN. The average molecular weight is 270 g/mol. The van der Waals surface area contributed by atoms with Crippen molar-refractivity contribution >= 4 is 33.5 Å². The molecule has 0 saturated carbocycles. The molecular weight excluding hydrogens is 261 g/mol. The fraction of sp³-hybridized carbons (Fsp3) is 0.100. The number of rotatable bonds is 0. The van der Waals surface area contributed by atoms with Crippen molar-refractivity contribution in [3.63, 3.8) is 0 Å². The van der Waals surface area contributed by atoms with Gasteiger partial charge in [-0.15, -0.1) is 0 Å². The van der Waals surface area contributed by atoms with Crippen molar-refractivity contribution in [3.05, 3.63) is 40.0 Å². The van der Waals surface area contributed by atoms with Crippen LogP contribution in [0.2, 0.25) is 0 Å². The number of hydrogen-bond acceptors (Lipinski definition) is 0. The van der Waals surface area contributed by atoms with E-state index in [-0.39, 0.29) is 0 Å². The SMILES string of the molecule is [CH2]c1ccc2[nH]cc(C)c2c1I. The van der Waals surface area contributed by atoms with Gasteiger partial charge in [0.05, 0.1) is 0 Å². The van der Waals surface area contributed by atoms with Crippen LogP contribution in [0.4, 0.5) is 0 Å². The van der Waals surface area contributed by atoms with Gasteiger partial charge in [-0.3, -0.25) is 0 Å². The second-order valence-electron chi connectivity index (χ2n) is 2.93. The van der Waals surface area contributed by atoms with Crippen LogP contribution in [0.25, 0.3) is 10.9 Å². The van der Waals surface area contributed by atoms with Gasteiger partial charge in [0.15, 0.2) is 0 Å². The molecule has 0 unspecified atom stereocenters. The Labute approximate surface area is 85.3 Å². The van der Waals surface area contributed by atoms with Crippen LogP contribution < -0.4 is 0 Å². The van der Waals surface area contributed by atoms with Crippen LogP contribution >= 0.6 is 22.6 Å². The third-order valence-corrected chi connectivity index (χ3v) is 3.29. The van der Waals surface area contributed by atoms with Gasteiger partial charge < -0.3 is 4.98 Å². The topological polar surface area (TPSA) is 15.8 Å². The van der Waals surface area contributed by atoms with E-state index in [0.717, 1.165) is 5.56 Å². The number of H-pyrrole nitrogens is 1. The second kappa shape index (κ2) is 2.76. The van der Waals surface area contributed by atoms with E-state index in [9.17, 15) is 0 Å². The van der Waals surface area contributed by atoms with Gasteiger partial charge >= 0.3 is 0 Å². The lowest BCUT2D eigenvalue weighted by Gasteiger charge is -1.99. The Kier molecular flexibility index (Phi) is 1.87. The minimum absolute atomic E-state index is 1.10. The van der Waals surface area contributed by atoms with Crippen molar-refractivity contribution in [2.45, 2.75) is 6.92 Å². The van der Waals surface area contributed by atoms with Crippen molar-refractivity contribution in [2.75, 3.05) is 0 Å². The molecule has 0 spiro atoms. The molecule has 2 aromatic rings. The van der Waals surface area contributed by atoms with E-state index >= 15 is 0 Å². The maximum Gasteiger partial charge on any atom is 0.0467 e. The van der Waals surface area contributed by atoms with Crippen LogP contribution in [0.15, 0.2) is 18.3 Å².